The van der Waals surface area contributed by atoms with Crippen LogP contribution in [0.25, 0.3) is 0 Å². The summed E-state index contributed by atoms with van der Waals surface area (Å²) in [6.07, 6.45) is 0.587. The molecule has 1 fully saturated rings. The fraction of sp³-hybridized carbons (Fsp3) is 0.222. The van der Waals surface area contributed by atoms with Gasteiger partial charge in [-0.05, 0) is 36.8 Å². The Bertz CT molecular complexity index is 791. The quantitative estimate of drug-likeness (QED) is 0.937. The number of anilines is 1. The smallest absolute Gasteiger partial charge is 0.252 e. The third kappa shape index (κ3) is 2.56. The van der Waals surface area contributed by atoms with Crippen LogP contribution < -0.4 is 19.7 Å². The molecule has 6 nitrogen and oxygen atoms in total. The van der Waals surface area contributed by atoms with Crippen molar-refractivity contribution in [1.29, 1.82) is 0 Å². The topological polar surface area (TPSA) is 67.9 Å². The van der Waals surface area contributed by atoms with Crippen LogP contribution in [0, 0.1) is 0 Å². The Kier molecular flexibility index (Phi) is 3.57. The highest BCUT2D eigenvalue weighted by Gasteiger charge is 2.33. The van der Waals surface area contributed by atoms with E-state index in [0.717, 1.165) is 5.69 Å². The molecule has 1 atom stereocenters. The van der Waals surface area contributed by atoms with Crippen molar-refractivity contribution in [2.45, 2.75) is 12.5 Å². The Morgan fingerprint density at radius 2 is 1.88 bits per heavy atom. The van der Waals surface area contributed by atoms with Gasteiger partial charge in [0.15, 0.2) is 11.5 Å². The highest BCUT2D eigenvalue weighted by molar-refractivity contribution is 6.04. The van der Waals surface area contributed by atoms with Gasteiger partial charge >= 0.3 is 0 Å². The predicted molar refractivity (Wildman–Crippen MR) is 87.2 cm³/mol. The average molecular weight is 324 g/mol. The highest BCUT2D eigenvalue weighted by atomic mass is 16.7. The van der Waals surface area contributed by atoms with Gasteiger partial charge in [-0.25, -0.2) is 0 Å². The molecule has 0 aliphatic carbocycles. The summed E-state index contributed by atoms with van der Waals surface area (Å²) in [5.41, 5.74) is 1.30. The number of para-hydroxylation sites is 1. The zero-order valence-electron chi connectivity index (χ0n) is 12.9. The van der Waals surface area contributed by atoms with Crippen molar-refractivity contribution >= 4 is 17.5 Å². The van der Waals surface area contributed by atoms with Gasteiger partial charge in [0, 0.05) is 17.8 Å². The van der Waals surface area contributed by atoms with Crippen LogP contribution in [-0.4, -0.2) is 31.2 Å². The third-order valence-electron chi connectivity index (χ3n) is 4.21. The normalized spacial score (nSPS) is 18.8. The summed E-state index contributed by atoms with van der Waals surface area (Å²) >= 11 is 0. The van der Waals surface area contributed by atoms with Gasteiger partial charge in [0.25, 0.3) is 5.91 Å². The van der Waals surface area contributed by atoms with Gasteiger partial charge in [0.2, 0.25) is 12.7 Å². The Labute approximate surface area is 139 Å². The standard InChI is InChI=1S/C18H16N2O4/c21-17(12-6-7-15-16(10-12)24-11-23-15)19-14-8-9-20(18(14)22)13-4-2-1-3-5-13/h1-7,10,14H,8-9,11H2,(H,19,21). The van der Waals surface area contributed by atoms with Gasteiger partial charge in [0.05, 0.1) is 0 Å². The molecular formula is C18H16N2O4. The van der Waals surface area contributed by atoms with E-state index in [2.05, 4.69) is 5.32 Å². The third-order valence-corrected chi connectivity index (χ3v) is 4.21. The fourth-order valence-corrected chi connectivity index (χ4v) is 2.96. The van der Waals surface area contributed by atoms with Crippen LogP contribution in [-0.2, 0) is 4.79 Å². The van der Waals surface area contributed by atoms with E-state index in [-0.39, 0.29) is 18.6 Å². The molecule has 0 radical (unpaired) electrons. The fourth-order valence-electron chi connectivity index (χ4n) is 2.96. The molecule has 2 heterocycles. The Morgan fingerprint density at radius 3 is 2.71 bits per heavy atom. The van der Waals surface area contributed by atoms with Gasteiger partial charge in [-0.2, -0.15) is 0 Å². The van der Waals surface area contributed by atoms with Gasteiger partial charge in [-0.15, -0.1) is 0 Å². The molecule has 0 bridgehead atoms. The minimum atomic E-state index is -0.511. The molecule has 1 saturated heterocycles. The summed E-state index contributed by atoms with van der Waals surface area (Å²) < 4.78 is 10.5. The lowest BCUT2D eigenvalue weighted by atomic mass is 10.1. The number of rotatable bonds is 3. The SMILES string of the molecule is O=C(NC1CCN(c2ccccc2)C1=O)c1ccc2c(c1)OCO2. The maximum Gasteiger partial charge on any atom is 0.252 e. The number of carbonyl (C=O) groups is 2. The van der Waals surface area contributed by atoms with E-state index in [4.69, 9.17) is 9.47 Å². The number of amides is 2. The Morgan fingerprint density at radius 1 is 1.08 bits per heavy atom. The summed E-state index contributed by atoms with van der Waals surface area (Å²) in [6.45, 7) is 0.752. The lowest BCUT2D eigenvalue weighted by molar-refractivity contribution is -0.118. The monoisotopic (exact) mass is 324 g/mol. The average Bonchev–Trinajstić information content (AvgIpc) is 3.22. The first-order chi connectivity index (χ1) is 11.7. The van der Waals surface area contributed by atoms with E-state index in [0.29, 0.717) is 30.0 Å². The summed E-state index contributed by atoms with van der Waals surface area (Å²) in [7, 11) is 0. The summed E-state index contributed by atoms with van der Waals surface area (Å²) in [6, 6.07) is 13.9. The van der Waals surface area contributed by atoms with Crippen molar-refractivity contribution in [1.82, 2.24) is 5.32 Å². The number of nitrogens with zero attached hydrogens (tertiary/aromatic N) is 1. The van der Waals surface area contributed by atoms with Crippen LogP contribution in [0.3, 0.4) is 0 Å². The van der Waals surface area contributed by atoms with E-state index in [9.17, 15) is 9.59 Å². The summed E-state index contributed by atoms with van der Waals surface area (Å²) in [4.78, 5) is 26.6. The maximum absolute atomic E-state index is 12.5. The van der Waals surface area contributed by atoms with Crippen LogP contribution in [0.15, 0.2) is 48.5 Å². The van der Waals surface area contributed by atoms with Crippen LogP contribution in [0.5, 0.6) is 11.5 Å². The lowest BCUT2D eigenvalue weighted by Gasteiger charge is -2.17. The number of hydrogen-bond acceptors (Lipinski definition) is 4. The molecular weight excluding hydrogens is 308 g/mol. The number of fused-ring (bicyclic) bond motifs is 1. The molecule has 4 rings (SSSR count). The first-order valence-corrected chi connectivity index (χ1v) is 7.79. The molecule has 24 heavy (non-hydrogen) atoms. The molecule has 0 saturated carbocycles. The molecule has 2 aliphatic rings. The molecule has 0 spiro atoms. The molecule has 2 aromatic rings. The van der Waals surface area contributed by atoms with Crippen molar-refractivity contribution in [3.8, 4) is 11.5 Å². The molecule has 2 aliphatic heterocycles. The predicted octanol–water partition coefficient (Wildman–Crippen LogP) is 1.95. The Balaban J connectivity index is 1.46. The number of ether oxygens (including phenoxy) is 2. The summed E-state index contributed by atoms with van der Waals surface area (Å²) in [5.74, 6) is 0.793. The molecule has 122 valence electrons. The van der Waals surface area contributed by atoms with E-state index in [1.54, 1.807) is 23.1 Å². The second kappa shape index (κ2) is 5.88. The minimum Gasteiger partial charge on any atom is -0.454 e. The summed E-state index contributed by atoms with van der Waals surface area (Å²) in [5, 5.41) is 2.81. The van der Waals surface area contributed by atoms with Gasteiger partial charge in [-0.3, -0.25) is 9.59 Å². The first-order valence-electron chi connectivity index (χ1n) is 7.79. The number of hydrogen-bond donors (Lipinski definition) is 1. The van der Waals surface area contributed by atoms with E-state index in [1.165, 1.54) is 0 Å². The number of nitrogens with one attached hydrogen (secondary N) is 1. The molecule has 1 N–H and O–H groups in total. The van der Waals surface area contributed by atoms with Crippen LogP contribution in [0.1, 0.15) is 16.8 Å². The van der Waals surface area contributed by atoms with Crippen molar-refractivity contribution in [2.24, 2.45) is 0 Å². The second-order valence-electron chi connectivity index (χ2n) is 5.71. The molecule has 6 heteroatoms. The van der Waals surface area contributed by atoms with Crippen LogP contribution in [0.4, 0.5) is 5.69 Å². The Hall–Kier alpha value is -3.02. The minimum absolute atomic E-state index is 0.0877. The number of carbonyl (C=O) groups excluding carboxylic acids is 2. The van der Waals surface area contributed by atoms with Gasteiger partial charge in [-0.1, -0.05) is 18.2 Å². The second-order valence-corrected chi connectivity index (χ2v) is 5.71. The lowest BCUT2D eigenvalue weighted by Crippen LogP contribution is -2.41. The zero-order chi connectivity index (χ0) is 16.5. The molecule has 1 unspecified atom stereocenters. The molecule has 2 amide bonds. The van der Waals surface area contributed by atoms with E-state index < -0.39 is 6.04 Å². The van der Waals surface area contributed by atoms with E-state index >= 15 is 0 Å². The van der Waals surface area contributed by atoms with Crippen molar-refractivity contribution in [3.05, 3.63) is 54.1 Å². The molecule has 0 aromatic heterocycles. The largest absolute Gasteiger partial charge is 0.454 e. The number of benzene rings is 2. The van der Waals surface area contributed by atoms with Gasteiger partial charge < -0.3 is 19.7 Å². The van der Waals surface area contributed by atoms with E-state index in [1.807, 2.05) is 30.3 Å². The van der Waals surface area contributed by atoms with Crippen molar-refractivity contribution in [2.75, 3.05) is 18.2 Å². The zero-order valence-corrected chi connectivity index (χ0v) is 12.9. The van der Waals surface area contributed by atoms with Crippen molar-refractivity contribution in [3.63, 3.8) is 0 Å². The van der Waals surface area contributed by atoms with Crippen LogP contribution >= 0.6 is 0 Å². The van der Waals surface area contributed by atoms with Crippen molar-refractivity contribution < 1.29 is 19.1 Å². The van der Waals surface area contributed by atoms with Gasteiger partial charge in [0.1, 0.15) is 6.04 Å². The van der Waals surface area contributed by atoms with Crippen LogP contribution in [0.2, 0.25) is 0 Å². The highest BCUT2D eigenvalue weighted by Crippen LogP contribution is 2.32. The first kappa shape index (κ1) is 14.6. The maximum atomic E-state index is 12.5. The molecule has 2 aromatic carbocycles.